The summed E-state index contributed by atoms with van der Waals surface area (Å²) in [5, 5.41) is 2.59. The van der Waals surface area contributed by atoms with Crippen LogP contribution in [0.3, 0.4) is 0 Å². The first kappa shape index (κ1) is 17.7. The van der Waals surface area contributed by atoms with E-state index >= 15 is 0 Å². The number of carbonyl (C=O) groups excluding carboxylic acids is 2. The summed E-state index contributed by atoms with van der Waals surface area (Å²) in [6.07, 6.45) is 0. The quantitative estimate of drug-likeness (QED) is 0.751. The van der Waals surface area contributed by atoms with Gasteiger partial charge in [-0.05, 0) is 42.5 Å². The normalized spacial score (nSPS) is 10.1. The van der Waals surface area contributed by atoms with E-state index in [1.165, 1.54) is 12.1 Å². The molecular formula is C16H14BrFN2O4. The number of hydrogen-bond donors (Lipinski definition) is 2. The molecule has 0 unspecified atom stereocenters. The minimum Gasteiger partial charge on any atom is -0.484 e. The van der Waals surface area contributed by atoms with Gasteiger partial charge in [0.15, 0.2) is 24.8 Å². The molecular weight excluding hydrogens is 383 g/mol. The molecule has 6 nitrogen and oxygen atoms in total. The topological polar surface area (TPSA) is 90.7 Å². The highest BCUT2D eigenvalue weighted by molar-refractivity contribution is 9.10. The number of ether oxygens (including phenoxy) is 2. The third-order valence-corrected chi connectivity index (χ3v) is 3.27. The second-order valence-electron chi connectivity index (χ2n) is 4.69. The second kappa shape index (κ2) is 8.30. The van der Waals surface area contributed by atoms with E-state index in [9.17, 15) is 14.0 Å². The highest BCUT2D eigenvalue weighted by Gasteiger charge is 2.08. The SMILES string of the molecule is NC(=O)COc1ccc(NC(=O)COc2ccc(Br)cc2F)cc1. The predicted octanol–water partition coefficient (Wildman–Crippen LogP) is 2.47. The van der Waals surface area contributed by atoms with E-state index in [-0.39, 0.29) is 19.0 Å². The number of rotatable bonds is 7. The van der Waals surface area contributed by atoms with E-state index in [0.717, 1.165) is 0 Å². The maximum atomic E-state index is 13.6. The zero-order valence-electron chi connectivity index (χ0n) is 12.4. The average Bonchev–Trinajstić information content (AvgIpc) is 2.53. The van der Waals surface area contributed by atoms with E-state index in [1.54, 1.807) is 30.3 Å². The molecule has 2 rings (SSSR count). The van der Waals surface area contributed by atoms with Crippen molar-refractivity contribution in [2.75, 3.05) is 18.5 Å². The number of amides is 2. The van der Waals surface area contributed by atoms with Crippen LogP contribution in [0.5, 0.6) is 11.5 Å². The molecule has 24 heavy (non-hydrogen) atoms. The third kappa shape index (κ3) is 5.54. The third-order valence-electron chi connectivity index (χ3n) is 2.77. The summed E-state index contributed by atoms with van der Waals surface area (Å²) in [7, 11) is 0. The fourth-order valence-corrected chi connectivity index (χ4v) is 2.05. The lowest BCUT2D eigenvalue weighted by atomic mass is 10.3. The molecule has 0 aliphatic heterocycles. The van der Waals surface area contributed by atoms with Crippen LogP contribution in [0.25, 0.3) is 0 Å². The number of nitrogens with one attached hydrogen (secondary N) is 1. The molecule has 0 fully saturated rings. The van der Waals surface area contributed by atoms with Gasteiger partial charge >= 0.3 is 0 Å². The minimum atomic E-state index is -0.579. The zero-order chi connectivity index (χ0) is 17.5. The Kier molecular flexibility index (Phi) is 6.14. The Morgan fingerprint density at radius 1 is 1.08 bits per heavy atom. The Labute approximate surface area is 145 Å². The molecule has 0 spiro atoms. The molecule has 8 heteroatoms. The van der Waals surface area contributed by atoms with Crippen LogP contribution in [0.2, 0.25) is 0 Å². The molecule has 0 aliphatic rings. The first-order valence-corrected chi connectivity index (χ1v) is 7.62. The Balaban J connectivity index is 1.84. The number of hydrogen-bond acceptors (Lipinski definition) is 4. The van der Waals surface area contributed by atoms with Crippen molar-refractivity contribution in [3.8, 4) is 11.5 Å². The van der Waals surface area contributed by atoms with E-state index in [1.807, 2.05) is 0 Å². The maximum absolute atomic E-state index is 13.6. The highest BCUT2D eigenvalue weighted by Crippen LogP contribution is 2.21. The van der Waals surface area contributed by atoms with Gasteiger partial charge in [-0.2, -0.15) is 0 Å². The first-order chi connectivity index (χ1) is 11.4. The predicted molar refractivity (Wildman–Crippen MR) is 89.4 cm³/mol. The van der Waals surface area contributed by atoms with E-state index in [2.05, 4.69) is 21.2 Å². The molecule has 2 aromatic rings. The number of carbonyl (C=O) groups is 2. The van der Waals surface area contributed by atoms with Crippen LogP contribution >= 0.6 is 15.9 Å². The lowest BCUT2D eigenvalue weighted by Gasteiger charge is -2.09. The highest BCUT2D eigenvalue weighted by atomic mass is 79.9. The van der Waals surface area contributed by atoms with Crippen molar-refractivity contribution in [2.45, 2.75) is 0 Å². The van der Waals surface area contributed by atoms with Crippen molar-refractivity contribution in [3.63, 3.8) is 0 Å². The summed E-state index contributed by atoms with van der Waals surface area (Å²) >= 11 is 3.13. The summed E-state index contributed by atoms with van der Waals surface area (Å²) in [5.41, 5.74) is 5.48. The molecule has 0 bridgehead atoms. The average molecular weight is 397 g/mol. The summed E-state index contributed by atoms with van der Waals surface area (Å²) < 4.78 is 24.4. The van der Waals surface area contributed by atoms with Crippen molar-refractivity contribution in [1.82, 2.24) is 0 Å². The van der Waals surface area contributed by atoms with Crippen LogP contribution in [0.4, 0.5) is 10.1 Å². The smallest absolute Gasteiger partial charge is 0.262 e. The Hall–Kier alpha value is -2.61. The Morgan fingerprint density at radius 2 is 1.79 bits per heavy atom. The summed E-state index contributed by atoms with van der Waals surface area (Å²) in [4.78, 5) is 22.4. The lowest BCUT2D eigenvalue weighted by Crippen LogP contribution is -2.21. The molecule has 2 amide bonds. The lowest BCUT2D eigenvalue weighted by molar-refractivity contribution is -0.120. The number of primary amides is 1. The Bertz CT molecular complexity index is 737. The van der Waals surface area contributed by atoms with Gasteiger partial charge in [0.2, 0.25) is 0 Å². The van der Waals surface area contributed by atoms with E-state index < -0.39 is 17.6 Å². The van der Waals surface area contributed by atoms with Gasteiger partial charge < -0.3 is 20.5 Å². The molecule has 0 atom stereocenters. The minimum absolute atomic E-state index is 0.0106. The first-order valence-electron chi connectivity index (χ1n) is 6.83. The molecule has 0 heterocycles. The van der Waals surface area contributed by atoms with Gasteiger partial charge in [0.05, 0.1) is 0 Å². The van der Waals surface area contributed by atoms with Crippen LogP contribution in [-0.2, 0) is 9.59 Å². The van der Waals surface area contributed by atoms with Crippen molar-refractivity contribution in [2.24, 2.45) is 5.73 Å². The van der Waals surface area contributed by atoms with Crippen molar-refractivity contribution in [3.05, 3.63) is 52.8 Å². The molecule has 2 aromatic carbocycles. The molecule has 0 radical (unpaired) electrons. The standard InChI is InChI=1S/C16H14BrFN2O4/c17-10-1-6-14(13(18)7-10)24-9-16(22)20-11-2-4-12(5-3-11)23-8-15(19)21/h1-7H,8-9H2,(H2,19,21)(H,20,22). The van der Waals surface area contributed by atoms with Crippen LogP contribution < -0.4 is 20.5 Å². The van der Waals surface area contributed by atoms with E-state index in [0.29, 0.717) is 15.9 Å². The van der Waals surface area contributed by atoms with Crippen LogP contribution in [0, 0.1) is 5.82 Å². The Morgan fingerprint density at radius 3 is 2.42 bits per heavy atom. The van der Waals surface area contributed by atoms with Gasteiger partial charge in [0.25, 0.3) is 11.8 Å². The van der Waals surface area contributed by atoms with Gasteiger partial charge in [-0.25, -0.2) is 4.39 Å². The van der Waals surface area contributed by atoms with Gasteiger partial charge in [-0.1, -0.05) is 15.9 Å². The summed E-state index contributed by atoms with van der Waals surface area (Å²) in [5.74, 6) is -1.15. The number of benzene rings is 2. The zero-order valence-corrected chi connectivity index (χ0v) is 14.0. The largest absolute Gasteiger partial charge is 0.484 e. The maximum Gasteiger partial charge on any atom is 0.262 e. The number of halogens is 2. The molecule has 0 saturated carbocycles. The number of nitrogens with two attached hydrogens (primary N) is 1. The van der Waals surface area contributed by atoms with Crippen molar-refractivity contribution < 1.29 is 23.5 Å². The van der Waals surface area contributed by atoms with Gasteiger partial charge in [0, 0.05) is 10.2 Å². The van der Waals surface area contributed by atoms with Crippen molar-refractivity contribution >= 4 is 33.4 Å². The molecule has 3 N–H and O–H groups in total. The van der Waals surface area contributed by atoms with Gasteiger partial charge in [0.1, 0.15) is 5.75 Å². The second-order valence-corrected chi connectivity index (χ2v) is 5.61. The number of anilines is 1. The summed E-state index contributed by atoms with van der Waals surface area (Å²) in [6, 6.07) is 10.6. The van der Waals surface area contributed by atoms with Crippen molar-refractivity contribution in [1.29, 1.82) is 0 Å². The molecule has 126 valence electrons. The summed E-state index contributed by atoms with van der Waals surface area (Å²) in [6.45, 7) is -0.559. The van der Waals surface area contributed by atoms with Gasteiger partial charge in [-0.15, -0.1) is 0 Å². The van der Waals surface area contributed by atoms with Crippen LogP contribution in [0.1, 0.15) is 0 Å². The fraction of sp³-hybridized carbons (Fsp3) is 0.125. The monoisotopic (exact) mass is 396 g/mol. The van der Waals surface area contributed by atoms with E-state index in [4.69, 9.17) is 15.2 Å². The molecule has 0 aliphatic carbocycles. The molecule has 0 aromatic heterocycles. The van der Waals surface area contributed by atoms with Gasteiger partial charge in [-0.3, -0.25) is 9.59 Å². The van der Waals surface area contributed by atoms with Crippen LogP contribution in [-0.4, -0.2) is 25.0 Å². The van der Waals surface area contributed by atoms with Crippen LogP contribution in [0.15, 0.2) is 46.9 Å². The fourth-order valence-electron chi connectivity index (χ4n) is 1.72. The molecule has 0 saturated heterocycles.